The number of piperazine rings is 1. The van der Waals surface area contributed by atoms with Crippen LogP contribution in [0.25, 0.3) is 0 Å². The summed E-state index contributed by atoms with van der Waals surface area (Å²) in [5, 5.41) is 9.65. The number of carboxylic acid groups (broad SMARTS) is 1. The van der Waals surface area contributed by atoms with Gasteiger partial charge in [-0.1, -0.05) is 30.3 Å². The van der Waals surface area contributed by atoms with E-state index < -0.39 is 24.1 Å². The third-order valence-electron chi connectivity index (χ3n) is 5.02. The van der Waals surface area contributed by atoms with E-state index in [1.54, 1.807) is 11.8 Å². The van der Waals surface area contributed by atoms with Crippen LogP contribution in [-0.4, -0.2) is 57.4 Å². The maximum Gasteiger partial charge on any atom is 0.326 e. The molecule has 6 nitrogen and oxygen atoms in total. The third-order valence-corrected chi connectivity index (χ3v) is 5.02. The standard InChI is InChI=1S/C18H22N2O4/c1-12-16(21)19-11-5-8-14(19)17(22)20(12)15(18(23)24)10-9-13-6-3-2-4-7-13/h2-4,6-7,12,14-15H,5,8-11H2,1H3,(H,23,24)/t12-,14+,15+/m0/s1. The summed E-state index contributed by atoms with van der Waals surface area (Å²) in [6.07, 6.45) is 2.27. The van der Waals surface area contributed by atoms with E-state index in [1.807, 2.05) is 30.3 Å². The van der Waals surface area contributed by atoms with E-state index in [9.17, 15) is 19.5 Å². The van der Waals surface area contributed by atoms with Crippen molar-refractivity contribution in [1.29, 1.82) is 0 Å². The van der Waals surface area contributed by atoms with Crippen molar-refractivity contribution in [2.45, 2.75) is 50.7 Å². The number of benzene rings is 1. The predicted molar refractivity (Wildman–Crippen MR) is 87.2 cm³/mol. The summed E-state index contributed by atoms with van der Waals surface area (Å²) >= 11 is 0. The largest absolute Gasteiger partial charge is 0.480 e. The van der Waals surface area contributed by atoms with E-state index in [4.69, 9.17) is 0 Å². The SMILES string of the molecule is C[C@H]1C(=O)N2CCC[C@@H]2C(=O)N1[C@H](CCc1ccccc1)C(=O)O. The quantitative estimate of drug-likeness (QED) is 0.882. The molecule has 1 aromatic rings. The van der Waals surface area contributed by atoms with Crippen LogP contribution in [0.5, 0.6) is 0 Å². The van der Waals surface area contributed by atoms with E-state index >= 15 is 0 Å². The lowest BCUT2D eigenvalue weighted by Gasteiger charge is -2.43. The molecule has 0 spiro atoms. The Morgan fingerprint density at radius 2 is 1.96 bits per heavy atom. The Morgan fingerprint density at radius 1 is 1.25 bits per heavy atom. The summed E-state index contributed by atoms with van der Waals surface area (Å²) in [4.78, 5) is 40.0. The molecular weight excluding hydrogens is 308 g/mol. The Morgan fingerprint density at radius 3 is 2.62 bits per heavy atom. The first-order valence-corrected chi connectivity index (χ1v) is 8.40. The minimum absolute atomic E-state index is 0.136. The van der Waals surface area contributed by atoms with Crippen molar-refractivity contribution in [3.8, 4) is 0 Å². The van der Waals surface area contributed by atoms with Gasteiger partial charge in [-0.05, 0) is 38.2 Å². The van der Waals surface area contributed by atoms with Crippen LogP contribution in [0, 0.1) is 0 Å². The number of hydrogen-bond donors (Lipinski definition) is 1. The molecule has 24 heavy (non-hydrogen) atoms. The molecule has 0 saturated carbocycles. The average molecular weight is 330 g/mol. The van der Waals surface area contributed by atoms with E-state index in [0.29, 0.717) is 25.8 Å². The Bertz CT molecular complexity index is 646. The van der Waals surface area contributed by atoms with Crippen molar-refractivity contribution in [1.82, 2.24) is 9.80 Å². The van der Waals surface area contributed by atoms with E-state index in [2.05, 4.69) is 0 Å². The Kier molecular flexibility index (Phi) is 4.55. The number of aliphatic carboxylic acids is 1. The summed E-state index contributed by atoms with van der Waals surface area (Å²) in [6, 6.07) is 7.41. The highest BCUT2D eigenvalue weighted by atomic mass is 16.4. The molecular formula is C18H22N2O4. The van der Waals surface area contributed by atoms with Gasteiger partial charge < -0.3 is 14.9 Å². The number of nitrogens with zero attached hydrogens (tertiary/aromatic N) is 2. The average Bonchev–Trinajstić information content (AvgIpc) is 3.06. The zero-order chi connectivity index (χ0) is 17.3. The van der Waals surface area contributed by atoms with Gasteiger partial charge in [0.05, 0.1) is 0 Å². The lowest BCUT2D eigenvalue weighted by molar-refractivity contribution is -0.166. The summed E-state index contributed by atoms with van der Waals surface area (Å²) in [7, 11) is 0. The highest BCUT2D eigenvalue weighted by Gasteiger charge is 2.49. The molecule has 0 unspecified atom stereocenters. The molecule has 1 N–H and O–H groups in total. The fraction of sp³-hybridized carbons (Fsp3) is 0.500. The monoisotopic (exact) mass is 330 g/mol. The molecule has 2 aliphatic heterocycles. The van der Waals surface area contributed by atoms with Crippen LogP contribution in [0.4, 0.5) is 0 Å². The first-order chi connectivity index (χ1) is 11.5. The number of hydrogen-bond acceptors (Lipinski definition) is 3. The Labute approximate surface area is 141 Å². The molecule has 3 atom stereocenters. The molecule has 6 heteroatoms. The van der Waals surface area contributed by atoms with Crippen molar-refractivity contribution >= 4 is 17.8 Å². The summed E-state index contributed by atoms with van der Waals surface area (Å²) in [5.74, 6) is -1.41. The zero-order valence-corrected chi connectivity index (χ0v) is 13.7. The minimum Gasteiger partial charge on any atom is -0.480 e. The van der Waals surface area contributed by atoms with Crippen molar-refractivity contribution in [3.05, 3.63) is 35.9 Å². The second-order valence-electron chi connectivity index (χ2n) is 6.49. The molecule has 0 aliphatic carbocycles. The van der Waals surface area contributed by atoms with Crippen LogP contribution in [-0.2, 0) is 20.8 Å². The number of carboxylic acids is 1. The van der Waals surface area contributed by atoms with Gasteiger partial charge in [0, 0.05) is 6.54 Å². The van der Waals surface area contributed by atoms with Crippen molar-refractivity contribution in [3.63, 3.8) is 0 Å². The van der Waals surface area contributed by atoms with E-state index in [-0.39, 0.29) is 11.8 Å². The summed E-state index contributed by atoms with van der Waals surface area (Å²) in [5.41, 5.74) is 1.02. The summed E-state index contributed by atoms with van der Waals surface area (Å²) < 4.78 is 0. The molecule has 0 aromatic heterocycles. The molecule has 128 valence electrons. The van der Waals surface area contributed by atoms with E-state index in [1.165, 1.54) is 4.90 Å². The van der Waals surface area contributed by atoms with Gasteiger partial charge in [-0.3, -0.25) is 9.59 Å². The van der Waals surface area contributed by atoms with Crippen LogP contribution in [0.2, 0.25) is 0 Å². The topological polar surface area (TPSA) is 77.9 Å². The van der Waals surface area contributed by atoms with Gasteiger partial charge in [0.1, 0.15) is 18.1 Å². The van der Waals surface area contributed by atoms with Crippen molar-refractivity contribution in [2.24, 2.45) is 0 Å². The van der Waals surface area contributed by atoms with Gasteiger partial charge in [0.15, 0.2) is 0 Å². The van der Waals surface area contributed by atoms with Crippen molar-refractivity contribution in [2.75, 3.05) is 6.54 Å². The number of fused-ring (bicyclic) bond motifs is 1. The molecule has 0 radical (unpaired) electrons. The summed E-state index contributed by atoms with van der Waals surface area (Å²) in [6.45, 7) is 2.22. The third kappa shape index (κ3) is 2.88. The van der Waals surface area contributed by atoms with Gasteiger partial charge in [-0.2, -0.15) is 0 Å². The Balaban J connectivity index is 1.80. The fourth-order valence-corrected chi connectivity index (χ4v) is 3.76. The van der Waals surface area contributed by atoms with Crippen LogP contribution < -0.4 is 0 Å². The van der Waals surface area contributed by atoms with E-state index in [0.717, 1.165) is 12.0 Å². The molecule has 2 aliphatic rings. The highest BCUT2D eigenvalue weighted by molar-refractivity contribution is 5.99. The van der Waals surface area contributed by atoms with Crippen LogP contribution >= 0.6 is 0 Å². The minimum atomic E-state index is -1.05. The van der Waals surface area contributed by atoms with Crippen LogP contribution in [0.15, 0.2) is 30.3 Å². The van der Waals surface area contributed by atoms with Gasteiger partial charge in [0.25, 0.3) is 0 Å². The first kappa shape index (κ1) is 16.5. The lowest BCUT2D eigenvalue weighted by atomic mass is 9.98. The molecule has 1 aromatic carbocycles. The molecule has 2 amide bonds. The van der Waals surface area contributed by atoms with Crippen LogP contribution in [0.1, 0.15) is 31.7 Å². The molecule has 0 bridgehead atoms. The fourth-order valence-electron chi connectivity index (χ4n) is 3.76. The molecule has 2 fully saturated rings. The molecule has 2 heterocycles. The molecule has 2 saturated heterocycles. The second-order valence-corrected chi connectivity index (χ2v) is 6.49. The number of carbonyl (C=O) groups is 3. The normalized spacial score (nSPS) is 24.9. The van der Waals surface area contributed by atoms with Gasteiger partial charge >= 0.3 is 5.97 Å². The van der Waals surface area contributed by atoms with Gasteiger partial charge in [-0.15, -0.1) is 0 Å². The maximum absolute atomic E-state index is 12.8. The number of carbonyl (C=O) groups excluding carboxylic acids is 2. The zero-order valence-electron chi connectivity index (χ0n) is 13.7. The van der Waals surface area contributed by atoms with Gasteiger partial charge in [-0.25, -0.2) is 4.79 Å². The number of amides is 2. The maximum atomic E-state index is 12.8. The highest BCUT2D eigenvalue weighted by Crippen LogP contribution is 2.29. The lowest BCUT2D eigenvalue weighted by Crippen LogP contribution is -2.65. The smallest absolute Gasteiger partial charge is 0.326 e. The predicted octanol–water partition coefficient (Wildman–Crippen LogP) is 1.29. The first-order valence-electron chi connectivity index (χ1n) is 8.40. The van der Waals surface area contributed by atoms with Crippen molar-refractivity contribution < 1.29 is 19.5 Å². The molecule has 3 rings (SSSR count). The van der Waals surface area contributed by atoms with Crippen LogP contribution in [0.3, 0.4) is 0 Å². The Hall–Kier alpha value is -2.37. The van der Waals surface area contributed by atoms with Gasteiger partial charge in [0.2, 0.25) is 11.8 Å². The second kappa shape index (κ2) is 6.63. The number of aryl methyl sites for hydroxylation is 1. The number of rotatable bonds is 5.